The number of anilines is 1. The molecule has 29 heavy (non-hydrogen) atoms. The van der Waals surface area contributed by atoms with Gasteiger partial charge in [-0.2, -0.15) is 0 Å². The summed E-state index contributed by atoms with van der Waals surface area (Å²) in [6.07, 6.45) is 2.06. The maximum Gasteiger partial charge on any atom is 0.280 e. The molecule has 2 heterocycles. The van der Waals surface area contributed by atoms with Gasteiger partial charge < -0.3 is 9.73 Å². The zero-order valence-corrected chi connectivity index (χ0v) is 17.1. The van der Waals surface area contributed by atoms with Crippen LogP contribution in [0.15, 0.2) is 52.5 Å². The molecule has 1 aromatic carbocycles. The number of nitrogens with one attached hydrogen (secondary N) is 1. The van der Waals surface area contributed by atoms with Gasteiger partial charge in [0.2, 0.25) is 0 Å². The number of carbonyl (C=O) groups is 2. The zero-order chi connectivity index (χ0) is 21.0. The molecule has 1 N–H and O–H groups in total. The molecule has 152 valence electrons. The van der Waals surface area contributed by atoms with E-state index in [1.54, 1.807) is 18.2 Å². The molecule has 1 unspecified atom stereocenters. The minimum absolute atomic E-state index is 0.0114. The van der Waals surface area contributed by atoms with Crippen LogP contribution in [0, 0.1) is 5.82 Å². The van der Waals surface area contributed by atoms with E-state index < -0.39 is 29.2 Å². The molecule has 2 aromatic heterocycles. The van der Waals surface area contributed by atoms with Gasteiger partial charge in [-0.3, -0.25) is 14.5 Å². The van der Waals surface area contributed by atoms with Crippen LogP contribution in [0.5, 0.6) is 0 Å². The minimum Gasteiger partial charge on any atom is -0.467 e. The number of amides is 2. The Balaban J connectivity index is 2.14. The average Bonchev–Trinajstić information content (AvgIpc) is 3.40. The van der Waals surface area contributed by atoms with Gasteiger partial charge >= 0.3 is 0 Å². The Bertz CT molecular complexity index is 974. The molecule has 0 saturated carbocycles. The SMILES string of the molecule is CCC(C)(C)NC(=O)C(c1ccco1)N(C(=O)c1csnn1)c1ccccc1F. The number of nitrogens with zero attached hydrogens (tertiary/aromatic N) is 3. The second-order valence-corrected chi connectivity index (χ2v) is 7.67. The molecule has 2 amide bonds. The first-order valence-corrected chi connectivity index (χ1v) is 9.88. The van der Waals surface area contributed by atoms with Gasteiger partial charge in [-0.05, 0) is 56.1 Å². The highest BCUT2D eigenvalue weighted by Gasteiger charge is 2.38. The number of halogens is 1. The van der Waals surface area contributed by atoms with E-state index in [0.29, 0.717) is 6.42 Å². The van der Waals surface area contributed by atoms with Crippen molar-refractivity contribution < 1.29 is 18.4 Å². The predicted molar refractivity (Wildman–Crippen MR) is 107 cm³/mol. The van der Waals surface area contributed by atoms with E-state index in [9.17, 15) is 14.0 Å². The molecule has 3 rings (SSSR count). The number of aromatic nitrogens is 2. The lowest BCUT2D eigenvalue weighted by Gasteiger charge is -2.33. The van der Waals surface area contributed by atoms with Crippen LogP contribution in [0.1, 0.15) is 49.5 Å². The third-order valence-electron chi connectivity index (χ3n) is 4.57. The first kappa shape index (κ1) is 20.7. The molecule has 0 spiro atoms. The lowest BCUT2D eigenvalue weighted by atomic mass is 10.0. The van der Waals surface area contributed by atoms with E-state index in [4.69, 9.17) is 4.42 Å². The fourth-order valence-corrected chi connectivity index (χ4v) is 3.13. The van der Waals surface area contributed by atoms with Crippen molar-refractivity contribution in [3.05, 3.63) is 65.3 Å². The topological polar surface area (TPSA) is 88.3 Å². The Kier molecular flexibility index (Phi) is 6.07. The monoisotopic (exact) mass is 416 g/mol. The van der Waals surface area contributed by atoms with Crippen molar-refractivity contribution in [2.24, 2.45) is 0 Å². The quantitative estimate of drug-likeness (QED) is 0.630. The molecule has 9 heteroatoms. The van der Waals surface area contributed by atoms with Crippen LogP contribution in [-0.4, -0.2) is 26.9 Å². The molecule has 7 nitrogen and oxygen atoms in total. The van der Waals surface area contributed by atoms with E-state index in [1.165, 1.54) is 29.8 Å². The third kappa shape index (κ3) is 4.51. The van der Waals surface area contributed by atoms with Gasteiger partial charge in [0, 0.05) is 10.9 Å². The summed E-state index contributed by atoms with van der Waals surface area (Å²) in [5.74, 6) is -1.60. The number of benzene rings is 1. The fraction of sp³-hybridized carbons (Fsp3) is 0.300. The molecule has 0 aliphatic heterocycles. The van der Waals surface area contributed by atoms with Gasteiger partial charge in [0.15, 0.2) is 11.7 Å². The predicted octanol–water partition coefficient (Wildman–Crippen LogP) is 3.96. The number of para-hydroxylation sites is 1. The molecule has 0 aliphatic carbocycles. The smallest absolute Gasteiger partial charge is 0.280 e. The van der Waals surface area contributed by atoms with Crippen LogP contribution in [0.4, 0.5) is 10.1 Å². The van der Waals surface area contributed by atoms with Gasteiger partial charge in [0.05, 0.1) is 12.0 Å². The van der Waals surface area contributed by atoms with Crippen LogP contribution >= 0.6 is 11.5 Å². The van der Waals surface area contributed by atoms with E-state index in [2.05, 4.69) is 14.9 Å². The lowest BCUT2D eigenvalue weighted by Crippen LogP contribution is -2.50. The maximum absolute atomic E-state index is 14.7. The minimum atomic E-state index is -1.23. The summed E-state index contributed by atoms with van der Waals surface area (Å²) in [7, 11) is 0. The summed E-state index contributed by atoms with van der Waals surface area (Å²) in [5, 5.41) is 8.16. The summed E-state index contributed by atoms with van der Waals surface area (Å²) < 4.78 is 23.9. The third-order valence-corrected chi connectivity index (χ3v) is 5.08. The second kappa shape index (κ2) is 8.52. The van der Waals surface area contributed by atoms with Crippen LogP contribution < -0.4 is 10.2 Å². The Labute approximate surface area is 171 Å². The average molecular weight is 416 g/mol. The van der Waals surface area contributed by atoms with Gasteiger partial charge in [-0.1, -0.05) is 23.5 Å². The van der Waals surface area contributed by atoms with Crippen LogP contribution in [0.25, 0.3) is 0 Å². The normalized spacial score (nSPS) is 12.4. The molecule has 1 atom stereocenters. The Hall–Kier alpha value is -3.07. The van der Waals surface area contributed by atoms with Crippen molar-refractivity contribution in [3.63, 3.8) is 0 Å². The van der Waals surface area contributed by atoms with Gasteiger partial charge in [0.1, 0.15) is 11.6 Å². The number of hydrogen-bond donors (Lipinski definition) is 1. The summed E-state index contributed by atoms with van der Waals surface area (Å²) in [4.78, 5) is 27.6. The van der Waals surface area contributed by atoms with Gasteiger partial charge in [-0.15, -0.1) is 5.10 Å². The number of hydrogen-bond acceptors (Lipinski definition) is 6. The lowest BCUT2D eigenvalue weighted by molar-refractivity contribution is -0.124. The van der Waals surface area contributed by atoms with Crippen molar-refractivity contribution in [2.75, 3.05) is 4.90 Å². The summed E-state index contributed by atoms with van der Waals surface area (Å²) in [5.41, 5.74) is -0.581. The Morgan fingerprint density at radius 1 is 1.28 bits per heavy atom. The Morgan fingerprint density at radius 3 is 2.62 bits per heavy atom. The van der Waals surface area contributed by atoms with Crippen molar-refractivity contribution in [3.8, 4) is 0 Å². The summed E-state index contributed by atoms with van der Waals surface area (Å²) >= 11 is 0.990. The highest BCUT2D eigenvalue weighted by molar-refractivity contribution is 7.03. The van der Waals surface area contributed by atoms with Gasteiger partial charge in [-0.25, -0.2) is 4.39 Å². The van der Waals surface area contributed by atoms with E-state index in [1.807, 2.05) is 20.8 Å². The number of carbonyl (C=O) groups excluding carboxylic acids is 2. The molecule has 0 saturated heterocycles. The largest absolute Gasteiger partial charge is 0.467 e. The molecule has 0 bridgehead atoms. The number of rotatable bonds is 7. The van der Waals surface area contributed by atoms with E-state index in [-0.39, 0.29) is 17.1 Å². The molecule has 0 radical (unpaired) electrons. The van der Waals surface area contributed by atoms with Crippen molar-refractivity contribution in [1.82, 2.24) is 14.9 Å². The highest BCUT2D eigenvalue weighted by atomic mass is 32.1. The standard InChI is InChI=1S/C20H21FN4O3S/c1-4-20(2,3)22-18(26)17(16-10-7-11-28-16)25(15-9-6-5-8-13(15)21)19(27)14-12-29-24-23-14/h5-12,17H,4H2,1-3H3,(H,22,26). The number of furan rings is 1. The fourth-order valence-electron chi connectivity index (χ4n) is 2.70. The van der Waals surface area contributed by atoms with E-state index >= 15 is 0 Å². The van der Waals surface area contributed by atoms with Crippen molar-refractivity contribution in [2.45, 2.75) is 38.8 Å². The molecular weight excluding hydrogens is 395 g/mol. The first-order chi connectivity index (χ1) is 13.8. The Morgan fingerprint density at radius 2 is 2.03 bits per heavy atom. The molecule has 0 fully saturated rings. The second-order valence-electron chi connectivity index (χ2n) is 7.06. The van der Waals surface area contributed by atoms with Crippen LogP contribution in [0.3, 0.4) is 0 Å². The van der Waals surface area contributed by atoms with Gasteiger partial charge in [0.25, 0.3) is 11.8 Å². The van der Waals surface area contributed by atoms with E-state index in [0.717, 1.165) is 16.4 Å². The maximum atomic E-state index is 14.7. The first-order valence-electron chi connectivity index (χ1n) is 9.04. The van der Waals surface area contributed by atoms with Crippen LogP contribution in [0.2, 0.25) is 0 Å². The molecular formula is C20H21FN4O3S. The summed E-state index contributed by atoms with van der Waals surface area (Å²) in [6, 6.07) is 7.70. The summed E-state index contributed by atoms with van der Waals surface area (Å²) in [6.45, 7) is 5.66. The van der Waals surface area contributed by atoms with Crippen molar-refractivity contribution in [1.29, 1.82) is 0 Å². The molecule has 3 aromatic rings. The zero-order valence-electron chi connectivity index (χ0n) is 16.3. The highest BCUT2D eigenvalue weighted by Crippen LogP contribution is 2.32. The van der Waals surface area contributed by atoms with Crippen molar-refractivity contribution >= 4 is 29.0 Å². The van der Waals surface area contributed by atoms with Crippen LogP contribution in [-0.2, 0) is 4.79 Å². The molecule has 0 aliphatic rings.